The van der Waals surface area contributed by atoms with Gasteiger partial charge in [-0.25, -0.2) is 0 Å². The summed E-state index contributed by atoms with van der Waals surface area (Å²) < 4.78 is 6.11. The summed E-state index contributed by atoms with van der Waals surface area (Å²) in [6.07, 6.45) is 6.14. The molecule has 1 saturated heterocycles. The van der Waals surface area contributed by atoms with E-state index in [0.29, 0.717) is 29.4 Å². The van der Waals surface area contributed by atoms with Crippen molar-refractivity contribution in [2.24, 2.45) is 0 Å². The quantitative estimate of drug-likeness (QED) is 0.326. The van der Waals surface area contributed by atoms with Crippen molar-refractivity contribution in [3.05, 3.63) is 70.8 Å². The first-order valence-corrected chi connectivity index (χ1v) is 13.7. The Morgan fingerprint density at radius 1 is 1.26 bits per heavy atom. The van der Waals surface area contributed by atoms with Crippen molar-refractivity contribution in [3.63, 3.8) is 0 Å². The maximum atomic E-state index is 13.8. The van der Waals surface area contributed by atoms with Gasteiger partial charge in [-0.15, -0.1) is 0 Å². The zero-order valence-electron chi connectivity index (χ0n) is 22.8. The third kappa shape index (κ3) is 5.83. The van der Waals surface area contributed by atoms with Crippen molar-refractivity contribution in [2.45, 2.75) is 58.2 Å². The lowest BCUT2D eigenvalue weighted by Crippen LogP contribution is -2.60. The Labute approximate surface area is 233 Å². The standard InChI is InChI=1S/C30H34ClN5O3/c1-5-21(34-29(38)22-7-6-9-33-18(22)2)15-36-17-30(3,4)39-16-26(36)27(37)12-19-11-20(31)13-24-23-8-10-32-14-25(23)35-28(19)24/h6-11,13-14,21,26,35H,5,12,15-17H2,1-4H3,(H,34,38)/t21-,26-/m0/s1. The molecule has 0 unspecified atom stereocenters. The zero-order valence-corrected chi connectivity index (χ0v) is 23.5. The zero-order chi connectivity index (χ0) is 27.7. The molecule has 4 aromatic rings. The van der Waals surface area contributed by atoms with Gasteiger partial charge >= 0.3 is 0 Å². The fourth-order valence-corrected chi connectivity index (χ4v) is 5.66. The summed E-state index contributed by atoms with van der Waals surface area (Å²) in [5, 5.41) is 5.73. The number of hydrogen-bond donors (Lipinski definition) is 2. The SMILES string of the molecule is CC[C@@H](CN1CC(C)(C)OC[C@H]1C(=O)Cc1cc(Cl)cc2c1[nH]c1cnccc12)NC(=O)c1cccnc1C. The number of aromatic nitrogens is 3. The second-order valence-corrected chi connectivity index (χ2v) is 11.3. The number of carbonyl (C=O) groups is 2. The van der Waals surface area contributed by atoms with Gasteiger partial charge in [0.2, 0.25) is 0 Å². The topological polar surface area (TPSA) is 100 Å². The van der Waals surface area contributed by atoms with Gasteiger partial charge in [0.25, 0.3) is 5.91 Å². The first-order chi connectivity index (χ1) is 18.6. The van der Waals surface area contributed by atoms with Gasteiger partial charge in [0.1, 0.15) is 0 Å². The second-order valence-electron chi connectivity index (χ2n) is 10.9. The number of Topliss-reactive ketones (excluding diaryl/α,β-unsaturated/α-hetero) is 1. The highest BCUT2D eigenvalue weighted by Crippen LogP contribution is 2.31. The minimum absolute atomic E-state index is 0.0510. The lowest BCUT2D eigenvalue weighted by molar-refractivity contribution is -0.145. The van der Waals surface area contributed by atoms with Crippen LogP contribution in [0.4, 0.5) is 0 Å². The van der Waals surface area contributed by atoms with Gasteiger partial charge in [0, 0.05) is 59.4 Å². The molecular weight excluding hydrogens is 514 g/mol. The molecule has 5 rings (SSSR count). The van der Waals surface area contributed by atoms with Crippen LogP contribution in [0.1, 0.15) is 48.8 Å². The highest BCUT2D eigenvalue weighted by Gasteiger charge is 2.38. The summed E-state index contributed by atoms with van der Waals surface area (Å²) in [5.74, 6) is -0.104. The van der Waals surface area contributed by atoms with E-state index in [4.69, 9.17) is 16.3 Å². The highest BCUT2D eigenvalue weighted by molar-refractivity contribution is 6.32. The van der Waals surface area contributed by atoms with Crippen LogP contribution in [0.15, 0.2) is 48.9 Å². The lowest BCUT2D eigenvalue weighted by atomic mass is 9.96. The molecule has 2 N–H and O–H groups in total. The molecule has 3 aromatic heterocycles. The molecule has 204 valence electrons. The normalized spacial score (nSPS) is 18.3. The van der Waals surface area contributed by atoms with Gasteiger partial charge in [-0.2, -0.15) is 0 Å². The Kier molecular flexibility index (Phi) is 7.71. The van der Waals surface area contributed by atoms with Crippen molar-refractivity contribution in [2.75, 3.05) is 19.7 Å². The molecule has 1 aromatic carbocycles. The number of nitrogens with zero attached hydrogens (tertiary/aromatic N) is 3. The van der Waals surface area contributed by atoms with Gasteiger partial charge in [-0.3, -0.25) is 24.5 Å². The molecule has 1 fully saturated rings. The number of pyridine rings is 2. The second kappa shape index (κ2) is 11.0. The summed E-state index contributed by atoms with van der Waals surface area (Å²) in [7, 11) is 0. The van der Waals surface area contributed by atoms with Crippen LogP contribution in [-0.2, 0) is 16.0 Å². The molecule has 9 heteroatoms. The summed E-state index contributed by atoms with van der Waals surface area (Å²) in [6.45, 7) is 9.32. The van der Waals surface area contributed by atoms with Crippen LogP contribution in [0, 0.1) is 6.92 Å². The Morgan fingerprint density at radius 3 is 2.85 bits per heavy atom. The Hall–Kier alpha value is -3.33. The summed E-state index contributed by atoms with van der Waals surface area (Å²) in [6, 6.07) is 8.68. The number of fused-ring (bicyclic) bond motifs is 3. The van der Waals surface area contributed by atoms with Crippen molar-refractivity contribution in [3.8, 4) is 0 Å². The average Bonchev–Trinajstić information content (AvgIpc) is 3.26. The lowest BCUT2D eigenvalue weighted by Gasteiger charge is -2.44. The van der Waals surface area contributed by atoms with Crippen LogP contribution >= 0.6 is 11.6 Å². The van der Waals surface area contributed by atoms with Crippen LogP contribution in [0.25, 0.3) is 21.8 Å². The van der Waals surface area contributed by atoms with Gasteiger partial charge in [0.05, 0.1) is 41.0 Å². The fraction of sp³-hybridized carbons (Fsp3) is 0.400. The van der Waals surface area contributed by atoms with Gasteiger partial charge in [-0.05, 0) is 63.1 Å². The summed E-state index contributed by atoms with van der Waals surface area (Å²) in [5.41, 5.74) is 3.47. The first-order valence-electron chi connectivity index (χ1n) is 13.3. The number of ether oxygens (including phenoxy) is 1. The Balaban J connectivity index is 1.37. The number of aromatic amines is 1. The average molecular weight is 548 g/mol. The minimum atomic E-state index is -0.441. The molecule has 1 amide bonds. The van der Waals surface area contributed by atoms with Gasteiger partial charge in [0.15, 0.2) is 5.78 Å². The third-order valence-corrected chi connectivity index (χ3v) is 7.70. The van der Waals surface area contributed by atoms with Gasteiger partial charge < -0.3 is 15.0 Å². The number of ketones is 1. The number of H-pyrrole nitrogens is 1. The van der Waals surface area contributed by atoms with E-state index < -0.39 is 11.6 Å². The van der Waals surface area contributed by atoms with E-state index in [-0.39, 0.29) is 30.8 Å². The number of hydrogen-bond acceptors (Lipinski definition) is 6. The molecule has 4 heterocycles. The van der Waals surface area contributed by atoms with Crippen molar-refractivity contribution in [1.29, 1.82) is 0 Å². The first kappa shape index (κ1) is 27.2. The molecule has 0 radical (unpaired) electrons. The van der Waals surface area contributed by atoms with Crippen molar-refractivity contribution >= 4 is 45.1 Å². The maximum Gasteiger partial charge on any atom is 0.253 e. The van der Waals surface area contributed by atoms with Crippen LogP contribution in [0.5, 0.6) is 0 Å². The monoisotopic (exact) mass is 547 g/mol. The predicted molar refractivity (Wildman–Crippen MR) is 153 cm³/mol. The number of benzene rings is 1. The van der Waals surface area contributed by atoms with E-state index in [1.165, 1.54) is 0 Å². The Morgan fingerprint density at radius 2 is 2.08 bits per heavy atom. The summed E-state index contributed by atoms with van der Waals surface area (Å²) in [4.78, 5) is 40.9. The van der Waals surface area contributed by atoms with Crippen LogP contribution in [0.2, 0.25) is 5.02 Å². The van der Waals surface area contributed by atoms with E-state index in [1.807, 2.05) is 45.9 Å². The molecule has 0 spiro atoms. The van der Waals surface area contributed by atoms with E-state index in [2.05, 4.69) is 25.2 Å². The minimum Gasteiger partial charge on any atom is -0.372 e. The smallest absolute Gasteiger partial charge is 0.253 e. The molecule has 0 saturated carbocycles. The Bertz CT molecular complexity index is 1530. The number of carbonyl (C=O) groups excluding carboxylic acids is 2. The van der Waals surface area contributed by atoms with E-state index in [1.54, 1.807) is 30.7 Å². The molecule has 1 aliphatic heterocycles. The van der Waals surface area contributed by atoms with Crippen LogP contribution < -0.4 is 5.32 Å². The molecule has 0 bridgehead atoms. The van der Waals surface area contributed by atoms with Crippen LogP contribution in [-0.4, -0.2) is 68.9 Å². The molecular formula is C30H34ClN5O3. The highest BCUT2D eigenvalue weighted by atomic mass is 35.5. The number of nitrogens with one attached hydrogen (secondary N) is 2. The van der Waals surface area contributed by atoms with E-state index >= 15 is 0 Å². The fourth-order valence-electron chi connectivity index (χ4n) is 5.42. The van der Waals surface area contributed by atoms with E-state index in [9.17, 15) is 9.59 Å². The van der Waals surface area contributed by atoms with E-state index in [0.717, 1.165) is 33.8 Å². The largest absolute Gasteiger partial charge is 0.372 e. The number of halogens is 1. The third-order valence-electron chi connectivity index (χ3n) is 7.48. The molecule has 0 aliphatic carbocycles. The number of amides is 1. The van der Waals surface area contributed by atoms with Crippen molar-refractivity contribution in [1.82, 2.24) is 25.2 Å². The molecule has 39 heavy (non-hydrogen) atoms. The van der Waals surface area contributed by atoms with Crippen LogP contribution in [0.3, 0.4) is 0 Å². The van der Waals surface area contributed by atoms with Gasteiger partial charge in [-0.1, -0.05) is 18.5 Å². The number of rotatable bonds is 8. The number of aryl methyl sites for hydroxylation is 1. The maximum absolute atomic E-state index is 13.8. The summed E-state index contributed by atoms with van der Waals surface area (Å²) >= 11 is 6.49. The number of morpholine rings is 1. The molecule has 2 atom stereocenters. The predicted octanol–water partition coefficient (Wildman–Crippen LogP) is 4.87. The molecule has 8 nitrogen and oxygen atoms in total. The molecule has 1 aliphatic rings. The van der Waals surface area contributed by atoms with Crippen molar-refractivity contribution < 1.29 is 14.3 Å².